The quantitative estimate of drug-likeness (QED) is 0.0169. The van der Waals surface area contributed by atoms with Gasteiger partial charge in [0.2, 0.25) is 11.0 Å². The largest absolute Gasteiger partial charge is 0.420 e. The molecular weight excluding hydrogens is 1150 g/mol. The van der Waals surface area contributed by atoms with Gasteiger partial charge >= 0.3 is 13.6 Å². The molecule has 0 radical (unpaired) electrons. The van der Waals surface area contributed by atoms with Crippen molar-refractivity contribution in [2.24, 2.45) is 5.41 Å². The maximum absolute atomic E-state index is 13.7. The summed E-state index contributed by atoms with van der Waals surface area (Å²) in [7, 11) is -4.35. The lowest BCUT2D eigenvalue weighted by Crippen LogP contribution is -2.64. The summed E-state index contributed by atoms with van der Waals surface area (Å²) < 4.78 is 116. The number of anilines is 1. The highest BCUT2D eigenvalue weighted by Gasteiger charge is 2.48. The monoisotopic (exact) mass is 1220 g/mol. The number of hydrogen-bond acceptors (Lipinski definition) is 22. The first-order valence-electron chi connectivity index (χ1n) is 26.9. The predicted molar refractivity (Wildman–Crippen MR) is 282 cm³/mol. The lowest BCUT2D eigenvalue weighted by Gasteiger charge is -2.55. The smallest absolute Gasteiger partial charge is 0.350 e. The molecule has 33 heteroatoms. The van der Waals surface area contributed by atoms with Crippen LogP contribution in [0.1, 0.15) is 48.1 Å². The average molecular weight is 1220 g/mol. The summed E-state index contributed by atoms with van der Waals surface area (Å²) in [5, 5.41) is 28.6. The Hall–Kier alpha value is -5.35. The number of aliphatic hydroxyl groups is 1. The maximum Gasteiger partial charge on any atom is 0.350 e. The van der Waals surface area contributed by atoms with Crippen LogP contribution in [0.15, 0.2) is 36.8 Å². The first kappa shape index (κ1) is 63.7. The number of likely N-dealkylation sites (tertiary alicyclic amines) is 1. The number of hydrogen-bond donors (Lipinski definition) is 3. The van der Waals surface area contributed by atoms with Crippen molar-refractivity contribution in [2.45, 2.75) is 63.8 Å². The Kier molecular flexibility index (Phi) is 24.3. The van der Waals surface area contributed by atoms with Gasteiger partial charge in [-0.3, -0.25) is 18.8 Å². The van der Waals surface area contributed by atoms with Crippen molar-refractivity contribution in [2.75, 3.05) is 143 Å². The molecule has 458 valence electrons. The number of halogens is 4. The van der Waals surface area contributed by atoms with Gasteiger partial charge in [0.05, 0.1) is 156 Å². The number of piperidine rings is 1. The van der Waals surface area contributed by atoms with Gasteiger partial charge in [0.25, 0.3) is 5.91 Å². The van der Waals surface area contributed by atoms with Crippen molar-refractivity contribution in [3.05, 3.63) is 70.9 Å². The first-order valence-corrected chi connectivity index (χ1v) is 29.1. The number of amides is 1. The number of carbonyl (C=O) groups excluding carboxylic acids is 2. The lowest BCUT2D eigenvalue weighted by atomic mass is 9.73. The molecule has 3 saturated heterocycles. The van der Waals surface area contributed by atoms with Gasteiger partial charge in [-0.1, -0.05) is 5.21 Å². The summed E-state index contributed by atoms with van der Waals surface area (Å²) in [6.45, 7) is 8.34. The number of nitrogens with zero attached hydrogens (tertiary/aromatic N) is 11. The fourth-order valence-corrected chi connectivity index (χ4v) is 9.87. The molecule has 0 saturated carbocycles. The van der Waals surface area contributed by atoms with Crippen LogP contribution in [-0.4, -0.2) is 227 Å². The minimum Gasteiger partial charge on any atom is -0.420 e. The fraction of sp³-hybridized carbons (Fsp3) is 0.640. The Balaban J connectivity index is 0.590. The van der Waals surface area contributed by atoms with E-state index in [0.29, 0.717) is 159 Å². The van der Waals surface area contributed by atoms with Gasteiger partial charge in [-0.15, -0.1) is 5.10 Å². The van der Waals surface area contributed by atoms with Gasteiger partial charge in [0.15, 0.2) is 23.5 Å². The molecule has 83 heavy (non-hydrogen) atoms. The average Bonchev–Trinajstić information content (AvgIpc) is 2.69. The standard InChI is InChI=1S/C50H68ClF3N11O17P/c51-49-56-45(38-27-55-65(46(38)57-49)48-42(66)26-37(81-48)30-80-34-83(69,70)71)62-32-50(33-62)4-1-5-61(31-50)47(68)41-2-6-63(59-41)7-10-73-13-16-76-20-21-78-22-23-79-29-36-28-64(60-58-36)8-11-74-14-17-77-19-18-75-15-12-72-9-3-43(67)82-44-39(53)24-35(52)25-40(44)54/h2,6,24-25,27-28,37,42,48,66H,1,3-5,7-23,26,29-34H2,(H2,69,70,71)/t37-,42+,48+/m0/s1. The van der Waals surface area contributed by atoms with E-state index in [1.165, 1.54) is 4.68 Å². The zero-order valence-corrected chi connectivity index (χ0v) is 47.1. The number of aliphatic hydroxyl groups excluding tert-OH is 1. The van der Waals surface area contributed by atoms with E-state index in [0.717, 1.165) is 12.8 Å². The minimum atomic E-state index is -4.35. The Labute approximate surface area is 479 Å². The third-order valence-corrected chi connectivity index (χ3v) is 13.9. The number of ether oxygens (including phenoxy) is 11. The molecule has 0 aliphatic carbocycles. The molecule has 1 amide bonds. The van der Waals surface area contributed by atoms with Crippen molar-refractivity contribution in [1.82, 2.24) is 49.4 Å². The molecule has 1 spiro atoms. The van der Waals surface area contributed by atoms with Crippen LogP contribution in [0, 0.1) is 22.9 Å². The van der Waals surface area contributed by atoms with Gasteiger partial charge < -0.3 is 76.8 Å². The van der Waals surface area contributed by atoms with E-state index in [1.54, 1.807) is 34.0 Å². The van der Waals surface area contributed by atoms with Crippen molar-refractivity contribution < 1.29 is 94.3 Å². The molecule has 4 aromatic heterocycles. The van der Waals surface area contributed by atoms with Crippen LogP contribution in [0.25, 0.3) is 11.0 Å². The van der Waals surface area contributed by atoms with Crippen LogP contribution < -0.4 is 9.64 Å². The molecule has 3 N–H and O–H groups in total. The zero-order chi connectivity index (χ0) is 58.6. The van der Waals surface area contributed by atoms with E-state index < -0.39 is 61.6 Å². The number of fused-ring (bicyclic) bond motifs is 1. The van der Waals surface area contributed by atoms with Crippen molar-refractivity contribution in [1.29, 1.82) is 0 Å². The molecule has 5 aromatic rings. The third-order valence-electron chi connectivity index (χ3n) is 13.2. The lowest BCUT2D eigenvalue weighted by molar-refractivity contribution is -0.136. The highest BCUT2D eigenvalue weighted by atomic mass is 35.5. The van der Waals surface area contributed by atoms with E-state index in [1.807, 2.05) is 4.90 Å². The summed E-state index contributed by atoms with van der Waals surface area (Å²) in [5.41, 5.74) is 1.23. The summed E-state index contributed by atoms with van der Waals surface area (Å²) in [4.78, 5) is 56.5. The molecule has 3 fully saturated rings. The molecule has 0 unspecified atom stereocenters. The van der Waals surface area contributed by atoms with Gasteiger partial charge in [-0.05, 0) is 30.5 Å². The summed E-state index contributed by atoms with van der Waals surface area (Å²) in [6.07, 6.45) is 3.50. The number of rotatable bonds is 37. The van der Waals surface area contributed by atoms with E-state index in [2.05, 4.69) is 40.1 Å². The number of aromatic nitrogens is 9. The van der Waals surface area contributed by atoms with Crippen molar-refractivity contribution in [3.8, 4) is 5.75 Å². The predicted octanol–water partition coefficient (Wildman–Crippen LogP) is 2.56. The van der Waals surface area contributed by atoms with Crippen LogP contribution in [0.2, 0.25) is 5.28 Å². The molecule has 7 heterocycles. The molecule has 1 aromatic carbocycles. The number of esters is 1. The Morgan fingerprint density at radius 1 is 0.795 bits per heavy atom. The van der Waals surface area contributed by atoms with Crippen LogP contribution in [0.4, 0.5) is 19.0 Å². The second kappa shape index (κ2) is 31.7. The molecule has 8 rings (SSSR count). The molecule has 3 atom stereocenters. The molecule has 3 aliphatic heterocycles. The molecular formula is C50H68ClF3N11O17P. The highest BCUT2D eigenvalue weighted by Crippen LogP contribution is 2.44. The highest BCUT2D eigenvalue weighted by molar-refractivity contribution is 7.51. The zero-order valence-electron chi connectivity index (χ0n) is 45.4. The summed E-state index contributed by atoms with van der Waals surface area (Å²) >= 11 is 6.42. The van der Waals surface area contributed by atoms with Gasteiger partial charge in [0, 0.05) is 56.3 Å². The minimum absolute atomic E-state index is 0.0127. The third kappa shape index (κ3) is 19.6. The van der Waals surface area contributed by atoms with E-state index in [9.17, 15) is 32.4 Å². The fourth-order valence-electron chi connectivity index (χ4n) is 9.36. The molecule has 28 nitrogen and oxygen atoms in total. The summed E-state index contributed by atoms with van der Waals surface area (Å²) in [6, 6.07) is 2.56. The number of carbonyl (C=O) groups is 2. The normalized spacial score (nSPS) is 18.0. The second-order valence-corrected chi connectivity index (χ2v) is 21.6. The molecule has 0 bridgehead atoms. The number of benzene rings is 1. The SMILES string of the molecule is O=C(CCOCCOCCOCCOCCn1cc(COCCOCCOCCOCCn2ccc(C(=O)N3CCCC4(C3)CN(c3nc(Cl)nc5c3cnn5[C@@H]3O[C@H](COCP(=O)(O)O)C[C@H]3O)C4)n2)nn1)Oc1c(F)cc(F)cc1F. The van der Waals surface area contributed by atoms with Crippen molar-refractivity contribution in [3.63, 3.8) is 0 Å². The van der Waals surface area contributed by atoms with Crippen molar-refractivity contribution >= 4 is 47.9 Å². The second-order valence-electron chi connectivity index (χ2n) is 19.6. The van der Waals surface area contributed by atoms with Gasteiger partial charge in [-0.25, -0.2) is 22.5 Å². The Morgan fingerprint density at radius 3 is 2.06 bits per heavy atom. The van der Waals surface area contributed by atoms with E-state index in [4.69, 9.17) is 68.8 Å². The maximum atomic E-state index is 13.7. The topological polar surface area (TPSA) is 312 Å². The van der Waals surface area contributed by atoms with E-state index >= 15 is 0 Å². The van der Waals surface area contributed by atoms with Gasteiger partial charge in [-0.2, -0.15) is 20.2 Å². The van der Waals surface area contributed by atoms with E-state index in [-0.39, 0.29) is 62.5 Å². The van der Waals surface area contributed by atoms with Crippen LogP contribution in [0.3, 0.4) is 0 Å². The first-order chi connectivity index (χ1) is 40.1. The Morgan fingerprint density at radius 2 is 1.41 bits per heavy atom. The van der Waals surface area contributed by atoms with Crippen LogP contribution >= 0.6 is 19.2 Å². The van der Waals surface area contributed by atoms with Crippen LogP contribution in [0.5, 0.6) is 5.75 Å². The summed E-state index contributed by atoms with van der Waals surface area (Å²) in [5.74, 6) is -5.19. The molecule has 3 aliphatic rings. The van der Waals surface area contributed by atoms with Gasteiger partial charge in [0.1, 0.15) is 35.5 Å². The Bertz CT molecular complexity index is 2880. The van der Waals surface area contributed by atoms with Crippen LogP contribution in [-0.2, 0) is 76.4 Å².